The molecule has 0 radical (unpaired) electrons. The van der Waals surface area contributed by atoms with Crippen LogP contribution in [0.15, 0.2) is 41.5 Å². The molecule has 0 saturated carbocycles. The molecule has 0 N–H and O–H groups in total. The van der Waals surface area contributed by atoms with Gasteiger partial charge in [-0.25, -0.2) is 0 Å². The van der Waals surface area contributed by atoms with E-state index in [0.29, 0.717) is 6.04 Å². The third-order valence-corrected chi connectivity index (χ3v) is 4.20. The predicted octanol–water partition coefficient (Wildman–Crippen LogP) is 3.48. The minimum Gasteiger partial charge on any atom is -0.381 e. The van der Waals surface area contributed by atoms with Crippen molar-refractivity contribution in [2.24, 2.45) is 0 Å². The number of rotatable bonds is 2. The van der Waals surface area contributed by atoms with Gasteiger partial charge in [0, 0.05) is 42.8 Å². The average molecular weight is 283 g/mol. The normalized spacial score (nSPS) is 16.1. The van der Waals surface area contributed by atoms with E-state index in [9.17, 15) is 4.79 Å². The van der Waals surface area contributed by atoms with Gasteiger partial charge in [0.1, 0.15) is 0 Å². The molecular formula is C18H21NO2. The third kappa shape index (κ3) is 2.93. The highest BCUT2D eigenvalue weighted by molar-refractivity contribution is 5.63. The lowest BCUT2D eigenvalue weighted by Gasteiger charge is -2.25. The summed E-state index contributed by atoms with van der Waals surface area (Å²) in [6.07, 6.45) is 6.01. The standard InChI is InChI=1S/C18H21NO2/c1-13-3-5-15(6-4-13)17-12-19(11-14(2)18(17)20)16-7-9-21-10-8-16/h3-6,11-12,16H,7-10H2,1-2H3. The second kappa shape index (κ2) is 5.86. The maximum atomic E-state index is 12.5. The first-order valence-electron chi connectivity index (χ1n) is 7.52. The minimum atomic E-state index is 0.127. The molecule has 3 heteroatoms. The lowest BCUT2D eigenvalue weighted by molar-refractivity contribution is 0.0694. The van der Waals surface area contributed by atoms with E-state index in [-0.39, 0.29) is 5.43 Å². The summed E-state index contributed by atoms with van der Waals surface area (Å²) in [5.41, 5.74) is 3.93. The van der Waals surface area contributed by atoms with Gasteiger partial charge in [0.2, 0.25) is 0 Å². The highest BCUT2D eigenvalue weighted by atomic mass is 16.5. The van der Waals surface area contributed by atoms with Crippen LogP contribution < -0.4 is 5.43 Å². The third-order valence-electron chi connectivity index (χ3n) is 4.20. The summed E-state index contributed by atoms with van der Waals surface area (Å²) in [5, 5.41) is 0. The van der Waals surface area contributed by atoms with Gasteiger partial charge in [0.05, 0.1) is 0 Å². The average Bonchev–Trinajstić information content (AvgIpc) is 2.52. The molecular weight excluding hydrogens is 262 g/mol. The molecule has 1 aliphatic rings. The SMILES string of the molecule is Cc1ccc(-c2cn(C3CCOCC3)cc(C)c2=O)cc1. The lowest BCUT2D eigenvalue weighted by atomic mass is 10.0. The van der Waals surface area contributed by atoms with Crippen molar-refractivity contribution in [2.45, 2.75) is 32.7 Å². The number of ether oxygens (including phenoxy) is 1. The van der Waals surface area contributed by atoms with Gasteiger partial charge < -0.3 is 9.30 Å². The number of aromatic nitrogens is 1. The fraction of sp³-hybridized carbons (Fsp3) is 0.389. The Kier molecular flexibility index (Phi) is 3.93. The lowest BCUT2D eigenvalue weighted by Crippen LogP contribution is -2.22. The van der Waals surface area contributed by atoms with Crippen LogP contribution in [0.1, 0.15) is 30.0 Å². The van der Waals surface area contributed by atoms with Crippen LogP contribution in [0.4, 0.5) is 0 Å². The Balaban J connectivity index is 2.05. The number of pyridine rings is 1. The highest BCUT2D eigenvalue weighted by Crippen LogP contribution is 2.23. The van der Waals surface area contributed by atoms with Crippen LogP contribution in [-0.2, 0) is 4.74 Å². The Morgan fingerprint density at radius 1 is 1.05 bits per heavy atom. The molecule has 1 aliphatic heterocycles. The van der Waals surface area contributed by atoms with Gasteiger partial charge in [0.25, 0.3) is 0 Å². The van der Waals surface area contributed by atoms with Crippen LogP contribution in [0.2, 0.25) is 0 Å². The van der Waals surface area contributed by atoms with Gasteiger partial charge in [0.15, 0.2) is 5.43 Å². The van der Waals surface area contributed by atoms with E-state index in [0.717, 1.165) is 42.7 Å². The molecule has 0 atom stereocenters. The molecule has 2 heterocycles. The molecule has 21 heavy (non-hydrogen) atoms. The number of nitrogens with zero attached hydrogens (tertiary/aromatic N) is 1. The number of benzene rings is 1. The zero-order valence-corrected chi connectivity index (χ0v) is 12.6. The zero-order valence-electron chi connectivity index (χ0n) is 12.6. The van der Waals surface area contributed by atoms with Crippen molar-refractivity contribution >= 4 is 0 Å². The first-order valence-corrected chi connectivity index (χ1v) is 7.52. The topological polar surface area (TPSA) is 31.2 Å². The number of hydrogen-bond acceptors (Lipinski definition) is 2. The monoisotopic (exact) mass is 283 g/mol. The maximum absolute atomic E-state index is 12.5. The first-order chi connectivity index (χ1) is 10.1. The minimum absolute atomic E-state index is 0.127. The van der Waals surface area contributed by atoms with Crippen molar-refractivity contribution in [2.75, 3.05) is 13.2 Å². The van der Waals surface area contributed by atoms with Gasteiger partial charge in [-0.2, -0.15) is 0 Å². The van der Waals surface area contributed by atoms with Crippen molar-refractivity contribution in [3.05, 3.63) is 58.0 Å². The fourth-order valence-electron chi connectivity index (χ4n) is 2.87. The number of hydrogen-bond donors (Lipinski definition) is 0. The van der Waals surface area contributed by atoms with E-state index in [1.165, 1.54) is 5.56 Å². The van der Waals surface area contributed by atoms with E-state index < -0.39 is 0 Å². The molecule has 0 spiro atoms. The molecule has 110 valence electrons. The number of aryl methyl sites for hydroxylation is 2. The molecule has 0 amide bonds. The van der Waals surface area contributed by atoms with Crippen molar-refractivity contribution in [1.82, 2.24) is 4.57 Å². The highest BCUT2D eigenvalue weighted by Gasteiger charge is 2.17. The molecule has 1 aromatic carbocycles. The Morgan fingerprint density at radius 3 is 2.38 bits per heavy atom. The molecule has 0 bridgehead atoms. The van der Waals surface area contributed by atoms with E-state index in [4.69, 9.17) is 4.74 Å². The molecule has 1 fully saturated rings. The Bertz CT molecular complexity index is 679. The van der Waals surface area contributed by atoms with Crippen LogP contribution in [-0.4, -0.2) is 17.8 Å². The van der Waals surface area contributed by atoms with E-state index in [1.54, 1.807) is 0 Å². The summed E-state index contributed by atoms with van der Waals surface area (Å²) in [6.45, 7) is 5.56. The summed E-state index contributed by atoms with van der Waals surface area (Å²) in [6, 6.07) is 8.59. The molecule has 0 aliphatic carbocycles. The summed E-state index contributed by atoms with van der Waals surface area (Å²) in [4.78, 5) is 12.5. The molecule has 1 aromatic heterocycles. The van der Waals surface area contributed by atoms with E-state index in [1.807, 2.05) is 31.5 Å². The fourth-order valence-corrected chi connectivity index (χ4v) is 2.87. The van der Waals surface area contributed by atoms with Crippen LogP contribution in [0.3, 0.4) is 0 Å². The smallest absolute Gasteiger partial charge is 0.192 e. The van der Waals surface area contributed by atoms with Crippen LogP contribution in [0.5, 0.6) is 0 Å². The summed E-state index contributed by atoms with van der Waals surface area (Å²) < 4.78 is 7.63. The molecule has 0 unspecified atom stereocenters. The zero-order chi connectivity index (χ0) is 14.8. The van der Waals surface area contributed by atoms with E-state index >= 15 is 0 Å². The molecule has 1 saturated heterocycles. The second-order valence-corrected chi connectivity index (χ2v) is 5.84. The van der Waals surface area contributed by atoms with Crippen molar-refractivity contribution in [3.8, 4) is 11.1 Å². The van der Waals surface area contributed by atoms with E-state index in [2.05, 4.69) is 23.6 Å². The Labute approximate surface area is 125 Å². The Morgan fingerprint density at radius 2 is 1.71 bits per heavy atom. The molecule has 3 nitrogen and oxygen atoms in total. The van der Waals surface area contributed by atoms with Crippen LogP contribution in [0, 0.1) is 13.8 Å². The Hall–Kier alpha value is -1.87. The van der Waals surface area contributed by atoms with Gasteiger partial charge in [-0.3, -0.25) is 4.79 Å². The largest absolute Gasteiger partial charge is 0.381 e. The summed E-state index contributed by atoms with van der Waals surface area (Å²) in [7, 11) is 0. The van der Waals surface area contributed by atoms with Crippen molar-refractivity contribution in [1.29, 1.82) is 0 Å². The van der Waals surface area contributed by atoms with Crippen LogP contribution in [0.25, 0.3) is 11.1 Å². The van der Waals surface area contributed by atoms with Gasteiger partial charge >= 0.3 is 0 Å². The first kappa shape index (κ1) is 14.1. The molecule has 3 rings (SSSR count). The summed E-state index contributed by atoms with van der Waals surface area (Å²) in [5.74, 6) is 0. The maximum Gasteiger partial charge on any atom is 0.192 e. The summed E-state index contributed by atoms with van der Waals surface area (Å²) >= 11 is 0. The molecule has 2 aromatic rings. The quantitative estimate of drug-likeness (QED) is 0.845. The van der Waals surface area contributed by atoms with Gasteiger partial charge in [-0.05, 0) is 32.3 Å². The van der Waals surface area contributed by atoms with Crippen LogP contribution >= 0.6 is 0 Å². The predicted molar refractivity (Wildman–Crippen MR) is 84.7 cm³/mol. The van der Waals surface area contributed by atoms with Crippen molar-refractivity contribution in [3.63, 3.8) is 0 Å². The van der Waals surface area contributed by atoms with Gasteiger partial charge in [-0.1, -0.05) is 29.8 Å². The van der Waals surface area contributed by atoms with Crippen molar-refractivity contribution < 1.29 is 4.74 Å². The second-order valence-electron chi connectivity index (χ2n) is 5.84. The van der Waals surface area contributed by atoms with Gasteiger partial charge in [-0.15, -0.1) is 0 Å².